The van der Waals surface area contributed by atoms with Crippen molar-refractivity contribution in [2.24, 2.45) is 11.7 Å². The molecule has 8 heteroatoms. The molecule has 0 spiro atoms. The molecule has 1 aliphatic heterocycles. The molecule has 1 saturated heterocycles. The van der Waals surface area contributed by atoms with Gasteiger partial charge < -0.3 is 11.1 Å². The number of nitrogens with two attached hydrogens (primary N) is 1. The third-order valence-corrected chi connectivity index (χ3v) is 5.05. The van der Waals surface area contributed by atoms with E-state index in [1.807, 2.05) is 18.2 Å². The van der Waals surface area contributed by atoms with Gasteiger partial charge in [0.1, 0.15) is 5.01 Å². The van der Waals surface area contributed by atoms with Crippen molar-refractivity contribution in [2.75, 3.05) is 26.2 Å². The third kappa shape index (κ3) is 5.47. The van der Waals surface area contributed by atoms with Gasteiger partial charge in [-0.1, -0.05) is 6.07 Å². The molecule has 1 unspecified atom stereocenters. The Bertz CT molecular complexity index is 666. The number of likely N-dealkylation sites (tertiary alicyclic amines) is 1. The van der Waals surface area contributed by atoms with Crippen LogP contribution in [0.5, 0.6) is 0 Å². The Labute approximate surface area is 158 Å². The van der Waals surface area contributed by atoms with Gasteiger partial charge in [0.2, 0.25) is 5.91 Å². The SMILES string of the molecule is Cl.NCCNC(=O)C1CCCN(Cc2csc(-c3ccccn3)n2)C1. The summed E-state index contributed by atoms with van der Waals surface area (Å²) in [5.74, 6) is 0.178. The van der Waals surface area contributed by atoms with Crippen LogP contribution in [-0.2, 0) is 11.3 Å². The van der Waals surface area contributed by atoms with E-state index in [0.717, 1.165) is 48.9 Å². The summed E-state index contributed by atoms with van der Waals surface area (Å²) in [5.41, 5.74) is 7.40. The summed E-state index contributed by atoms with van der Waals surface area (Å²) in [4.78, 5) is 23.5. The molecule has 0 aromatic carbocycles. The lowest BCUT2D eigenvalue weighted by Gasteiger charge is -2.31. The van der Waals surface area contributed by atoms with Crippen LogP contribution >= 0.6 is 23.7 Å². The lowest BCUT2D eigenvalue weighted by Crippen LogP contribution is -2.43. The summed E-state index contributed by atoms with van der Waals surface area (Å²) in [5, 5.41) is 5.93. The molecule has 0 saturated carbocycles. The van der Waals surface area contributed by atoms with Gasteiger partial charge >= 0.3 is 0 Å². The summed E-state index contributed by atoms with van der Waals surface area (Å²) < 4.78 is 0. The lowest BCUT2D eigenvalue weighted by molar-refractivity contribution is -0.126. The fourth-order valence-corrected chi connectivity index (χ4v) is 3.75. The topological polar surface area (TPSA) is 84.1 Å². The van der Waals surface area contributed by atoms with Gasteiger partial charge in [0.25, 0.3) is 0 Å². The highest BCUT2D eigenvalue weighted by atomic mass is 35.5. The van der Waals surface area contributed by atoms with E-state index < -0.39 is 0 Å². The first kappa shape index (κ1) is 19.8. The van der Waals surface area contributed by atoms with Gasteiger partial charge in [0.15, 0.2) is 0 Å². The zero-order chi connectivity index (χ0) is 16.8. The van der Waals surface area contributed by atoms with Crippen molar-refractivity contribution in [1.29, 1.82) is 0 Å². The Kier molecular flexibility index (Phi) is 7.77. The van der Waals surface area contributed by atoms with E-state index in [9.17, 15) is 4.79 Å². The molecule has 3 rings (SSSR count). The van der Waals surface area contributed by atoms with Crippen LogP contribution < -0.4 is 11.1 Å². The number of aromatic nitrogens is 2. The number of pyridine rings is 1. The first-order valence-electron chi connectivity index (χ1n) is 8.32. The average molecular weight is 382 g/mol. The van der Waals surface area contributed by atoms with Crippen molar-refractivity contribution in [2.45, 2.75) is 19.4 Å². The van der Waals surface area contributed by atoms with Crippen molar-refractivity contribution in [3.05, 3.63) is 35.5 Å². The van der Waals surface area contributed by atoms with Crippen LogP contribution in [-0.4, -0.2) is 47.0 Å². The van der Waals surface area contributed by atoms with Crippen molar-refractivity contribution < 1.29 is 4.79 Å². The molecule has 3 heterocycles. The van der Waals surface area contributed by atoms with Gasteiger partial charge in [-0.2, -0.15) is 0 Å². The minimum atomic E-state index is 0. The first-order chi connectivity index (χ1) is 11.8. The summed E-state index contributed by atoms with van der Waals surface area (Å²) >= 11 is 1.62. The summed E-state index contributed by atoms with van der Waals surface area (Å²) in [6.45, 7) is 3.61. The molecule has 2 aromatic heterocycles. The maximum atomic E-state index is 12.1. The largest absolute Gasteiger partial charge is 0.355 e. The van der Waals surface area contributed by atoms with Crippen molar-refractivity contribution in [3.8, 4) is 10.7 Å². The molecule has 1 atom stereocenters. The number of carbonyl (C=O) groups is 1. The Morgan fingerprint density at radius 1 is 1.44 bits per heavy atom. The second kappa shape index (κ2) is 9.82. The van der Waals surface area contributed by atoms with Crippen molar-refractivity contribution >= 4 is 29.7 Å². The zero-order valence-electron chi connectivity index (χ0n) is 14.1. The second-order valence-electron chi connectivity index (χ2n) is 6.01. The van der Waals surface area contributed by atoms with Crippen LogP contribution in [0.3, 0.4) is 0 Å². The quantitative estimate of drug-likeness (QED) is 0.798. The molecule has 0 bridgehead atoms. The van der Waals surface area contributed by atoms with Gasteiger partial charge in [0.05, 0.1) is 17.3 Å². The molecular formula is C17H24ClN5OS. The molecule has 1 aliphatic rings. The summed E-state index contributed by atoms with van der Waals surface area (Å²) in [6, 6.07) is 5.85. The van der Waals surface area contributed by atoms with Crippen molar-refractivity contribution in [1.82, 2.24) is 20.2 Å². The lowest BCUT2D eigenvalue weighted by atomic mass is 9.97. The van der Waals surface area contributed by atoms with Crippen LogP contribution in [0.2, 0.25) is 0 Å². The van der Waals surface area contributed by atoms with Crippen molar-refractivity contribution in [3.63, 3.8) is 0 Å². The first-order valence-corrected chi connectivity index (χ1v) is 9.20. The molecule has 1 fully saturated rings. The Hall–Kier alpha value is -1.54. The highest BCUT2D eigenvalue weighted by Gasteiger charge is 2.25. The number of rotatable bonds is 6. The number of nitrogens with one attached hydrogen (secondary N) is 1. The van der Waals surface area contributed by atoms with E-state index >= 15 is 0 Å². The van der Waals surface area contributed by atoms with Crippen LogP contribution in [0, 0.1) is 5.92 Å². The van der Waals surface area contributed by atoms with Crippen LogP contribution in [0.15, 0.2) is 29.8 Å². The molecule has 136 valence electrons. The number of thiazole rings is 1. The van der Waals surface area contributed by atoms with Gasteiger partial charge in [-0.3, -0.25) is 14.7 Å². The summed E-state index contributed by atoms with van der Waals surface area (Å²) in [6.07, 6.45) is 3.77. The highest BCUT2D eigenvalue weighted by molar-refractivity contribution is 7.13. The predicted molar refractivity (Wildman–Crippen MR) is 103 cm³/mol. The monoisotopic (exact) mass is 381 g/mol. The number of halogens is 1. The fourth-order valence-electron chi connectivity index (χ4n) is 2.97. The number of amides is 1. The Morgan fingerprint density at radius 2 is 2.32 bits per heavy atom. The van der Waals surface area contributed by atoms with Crippen LogP contribution in [0.4, 0.5) is 0 Å². The van der Waals surface area contributed by atoms with Gasteiger partial charge in [0, 0.05) is 37.8 Å². The third-order valence-electron chi connectivity index (χ3n) is 4.14. The predicted octanol–water partition coefficient (Wildman–Crippen LogP) is 1.91. The van der Waals surface area contributed by atoms with E-state index in [1.54, 1.807) is 17.5 Å². The summed E-state index contributed by atoms with van der Waals surface area (Å²) in [7, 11) is 0. The van der Waals surface area contributed by atoms with Gasteiger partial charge in [-0.15, -0.1) is 23.7 Å². The maximum Gasteiger partial charge on any atom is 0.224 e. The van der Waals surface area contributed by atoms with E-state index in [1.165, 1.54) is 0 Å². The number of hydrogen-bond donors (Lipinski definition) is 2. The molecule has 0 radical (unpaired) electrons. The van der Waals surface area contributed by atoms with E-state index in [2.05, 4.69) is 20.6 Å². The smallest absolute Gasteiger partial charge is 0.224 e. The highest BCUT2D eigenvalue weighted by Crippen LogP contribution is 2.24. The number of nitrogens with zero attached hydrogens (tertiary/aromatic N) is 3. The molecule has 3 N–H and O–H groups in total. The number of carbonyl (C=O) groups excluding carboxylic acids is 1. The normalized spacial score (nSPS) is 17.7. The molecule has 2 aromatic rings. The maximum absolute atomic E-state index is 12.1. The number of piperidine rings is 1. The van der Waals surface area contributed by atoms with E-state index in [0.29, 0.717) is 13.1 Å². The van der Waals surface area contributed by atoms with Crippen LogP contribution in [0.1, 0.15) is 18.5 Å². The van der Waals surface area contributed by atoms with E-state index in [4.69, 9.17) is 10.7 Å². The average Bonchev–Trinajstić information content (AvgIpc) is 3.09. The minimum absolute atomic E-state index is 0. The zero-order valence-corrected chi connectivity index (χ0v) is 15.7. The van der Waals surface area contributed by atoms with Crippen LogP contribution in [0.25, 0.3) is 10.7 Å². The molecule has 0 aliphatic carbocycles. The van der Waals surface area contributed by atoms with Gasteiger partial charge in [-0.25, -0.2) is 4.98 Å². The molecule has 6 nitrogen and oxygen atoms in total. The van der Waals surface area contributed by atoms with Gasteiger partial charge in [-0.05, 0) is 31.5 Å². The Balaban J connectivity index is 0.00000225. The Morgan fingerprint density at radius 3 is 3.08 bits per heavy atom. The standard InChI is InChI=1S/C17H23N5OS.ClH/c18-6-8-20-16(23)13-4-3-9-22(10-13)11-14-12-24-17(21-14)15-5-1-2-7-19-15;/h1-2,5,7,12-13H,3-4,6,8-11,18H2,(H,20,23);1H. The second-order valence-corrected chi connectivity index (χ2v) is 6.87. The molecular weight excluding hydrogens is 358 g/mol. The molecule has 25 heavy (non-hydrogen) atoms. The molecule has 1 amide bonds. The van der Waals surface area contributed by atoms with E-state index in [-0.39, 0.29) is 24.2 Å². The number of hydrogen-bond acceptors (Lipinski definition) is 6. The fraction of sp³-hybridized carbons (Fsp3) is 0.471. The minimum Gasteiger partial charge on any atom is -0.355 e.